The number of halogens is 1. The molecule has 0 aliphatic heterocycles. The summed E-state index contributed by atoms with van der Waals surface area (Å²) in [6, 6.07) is 3.15. The van der Waals surface area contributed by atoms with E-state index in [-0.39, 0.29) is 5.02 Å². The molecule has 0 unspecified atom stereocenters. The third-order valence-electron chi connectivity index (χ3n) is 4.43. The molecular weight excluding hydrogens is 480 g/mol. The number of urea groups is 1. The van der Waals surface area contributed by atoms with Crippen molar-refractivity contribution in [2.45, 2.75) is 68.4 Å². The Balaban J connectivity index is 0.00000190. The van der Waals surface area contributed by atoms with Gasteiger partial charge in [0.15, 0.2) is 5.82 Å². The molecule has 3 rings (SSSR count). The summed E-state index contributed by atoms with van der Waals surface area (Å²) in [4.78, 5) is 22.5. The van der Waals surface area contributed by atoms with Crippen LogP contribution in [0.1, 0.15) is 77.1 Å². The largest absolute Gasteiger partial charge is 0.377 e. The minimum absolute atomic E-state index is 0.268. The first-order valence-corrected chi connectivity index (χ1v) is 12.3. The van der Waals surface area contributed by atoms with Crippen LogP contribution < -0.4 is 10.6 Å². The van der Waals surface area contributed by atoms with Crippen LogP contribution in [0.5, 0.6) is 0 Å². The molecule has 0 saturated heterocycles. The van der Waals surface area contributed by atoms with Gasteiger partial charge in [0.05, 0.1) is 58.0 Å². The van der Waals surface area contributed by atoms with Crippen LogP contribution >= 0.6 is 11.6 Å². The molecule has 2 amide bonds. The number of pyridine rings is 2. The summed E-state index contributed by atoms with van der Waals surface area (Å²) in [6.07, 6.45) is 4.09. The number of amides is 2. The predicted molar refractivity (Wildman–Crippen MR) is 145 cm³/mol. The molecule has 2 N–H and O–H groups in total. The number of nitrogens with zero attached hydrogens (tertiary/aromatic N) is 6. The topological polar surface area (TPSA) is 131 Å². The number of aromatic nitrogens is 5. The molecule has 36 heavy (non-hydrogen) atoms. The van der Waals surface area contributed by atoms with E-state index in [1.54, 1.807) is 26.8 Å². The van der Waals surface area contributed by atoms with E-state index in [4.69, 9.17) is 16.3 Å². The van der Waals surface area contributed by atoms with Crippen molar-refractivity contribution in [3.8, 4) is 11.9 Å². The summed E-state index contributed by atoms with van der Waals surface area (Å²) < 4.78 is 5.37. The first-order chi connectivity index (χ1) is 17.3. The van der Waals surface area contributed by atoms with Gasteiger partial charge in [0.1, 0.15) is 6.07 Å². The minimum atomic E-state index is -0.542. The molecule has 3 aromatic rings. The number of hydrogen-bond donors (Lipinski definition) is 2. The van der Waals surface area contributed by atoms with Crippen molar-refractivity contribution in [1.29, 1.82) is 5.26 Å². The Morgan fingerprint density at radius 1 is 1.06 bits per heavy atom. The maximum absolute atomic E-state index is 12.6. The lowest BCUT2D eigenvalue weighted by molar-refractivity contribution is 0.120. The Bertz CT molecular complexity index is 1130. The molecule has 0 aliphatic rings. The molecule has 0 spiro atoms. The van der Waals surface area contributed by atoms with Crippen molar-refractivity contribution in [2.24, 2.45) is 0 Å². The van der Waals surface area contributed by atoms with Gasteiger partial charge in [0.25, 0.3) is 0 Å². The molecule has 3 aromatic heterocycles. The highest BCUT2D eigenvalue weighted by Crippen LogP contribution is 2.30. The van der Waals surface area contributed by atoms with Gasteiger partial charge in [-0.15, -0.1) is 4.80 Å². The lowest BCUT2D eigenvalue weighted by atomic mass is 10.0. The van der Waals surface area contributed by atoms with E-state index in [1.807, 2.05) is 41.5 Å². The summed E-state index contributed by atoms with van der Waals surface area (Å²) in [7, 11) is 1.53. The number of hydrogen-bond acceptors (Lipinski definition) is 7. The summed E-state index contributed by atoms with van der Waals surface area (Å²) >= 11 is 6.28. The number of aryl methyl sites for hydroxylation is 2. The monoisotopic (exact) mass is 516 g/mol. The quantitative estimate of drug-likeness (QED) is 0.389. The van der Waals surface area contributed by atoms with E-state index in [9.17, 15) is 10.1 Å². The number of ether oxygens (including phenoxy) is 1. The van der Waals surface area contributed by atoms with E-state index in [0.717, 1.165) is 0 Å². The first-order valence-electron chi connectivity index (χ1n) is 11.9. The highest BCUT2D eigenvalue weighted by atomic mass is 35.5. The van der Waals surface area contributed by atoms with Gasteiger partial charge in [-0.1, -0.05) is 53.1 Å². The SMILES string of the molecule is CC.CC.CC.CO[C@@H](C)c1c(NC(=O)Nc2cc(Cl)c(-n3nccn3)nc2C)cnc(C)c1C#N. The number of rotatable bonds is 5. The minimum Gasteiger partial charge on any atom is -0.377 e. The first kappa shape index (κ1) is 32.5. The van der Waals surface area contributed by atoms with Crippen LogP contribution in [-0.2, 0) is 4.74 Å². The van der Waals surface area contributed by atoms with E-state index >= 15 is 0 Å². The van der Waals surface area contributed by atoms with Crippen molar-refractivity contribution < 1.29 is 9.53 Å². The molecule has 1 atom stereocenters. The van der Waals surface area contributed by atoms with Crippen molar-refractivity contribution in [1.82, 2.24) is 25.0 Å². The van der Waals surface area contributed by atoms with Gasteiger partial charge in [-0.3, -0.25) is 4.98 Å². The van der Waals surface area contributed by atoms with Crippen molar-refractivity contribution >= 4 is 29.0 Å². The third kappa shape index (κ3) is 8.29. The second-order valence-electron chi connectivity index (χ2n) is 6.36. The Hall–Kier alpha value is -3.55. The number of nitriles is 1. The molecule has 196 valence electrons. The normalized spacial score (nSPS) is 10.2. The maximum atomic E-state index is 12.6. The zero-order valence-electron chi connectivity index (χ0n) is 22.8. The van der Waals surface area contributed by atoms with Crippen LogP contribution in [0.4, 0.5) is 16.2 Å². The number of anilines is 2. The highest BCUT2D eigenvalue weighted by molar-refractivity contribution is 6.32. The zero-order chi connectivity index (χ0) is 27.8. The molecule has 10 nitrogen and oxygen atoms in total. The zero-order valence-corrected chi connectivity index (χ0v) is 23.5. The summed E-state index contributed by atoms with van der Waals surface area (Å²) in [5.41, 5.74) is 2.77. The molecule has 3 heterocycles. The summed E-state index contributed by atoms with van der Waals surface area (Å²) in [5, 5.41) is 23.2. The van der Waals surface area contributed by atoms with Crippen LogP contribution in [0.15, 0.2) is 24.7 Å². The fourth-order valence-corrected chi connectivity index (χ4v) is 3.07. The van der Waals surface area contributed by atoms with Gasteiger partial charge in [-0.25, -0.2) is 9.78 Å². The molecule has 11 heteroatoms. The molecule has 0 bridgehead atoms. The number of carbonyl (C=O) groups is 1. The second-order valence-corrected chi connectivity index (χ2v) is 6.77. The maximum Gasteiger partial charge on any atom is 0.323 e. The number of methoxy groups -OCH3 is 1. The number of nitrogens with one attached hydrogen (secondary N) is 2. The molecule has 0 fully saturated rings. The molecule has 0 aliphatic carbocycles. The smallest absolute Gasteiger partial charge is 0.323 e. The van der Waals surface area contributed by atoms with Gasteiger partial charge in [-0.05, 0) is 26.8 Å². The summed E-state index contributed by atoms with van der Waals surface area (Å²) in [6.45, 7) is 17.2. The highest BCUT2D eigenvalue weighted by Gasteiger charge is 2.20. The van der Waals surface area contributed by atoms with Crippen LogP contribution in [0.25, 0.3) is 5.82 Å². The van der Waals surface area contributed by atoms with E-state index in [2.05, 4.69) is 36.9 Å². The van der Waals surface area contributed by atoms with Gasteiger partial charge in [0, 0.05) is 12.7 Å². The Kier molecular flexibility index (Phi) is 15.3. The van der Waals surface area contributed by atoms with Crippen molar-refractivity contribution in [3.05, 3.63) is 52.2 Å². The van der Waals surface area contributed by atoms with Crippen LogP contribution in [-0.4, -0.2) is 38.1 Å². The van der Waals surface area contributed by atoms with Crippen LogP contribution in [0.3, 0.4) is 0 Å². The third-order valence-corrected chi connectivity index (χ3v) is 4.71. The lowest BCUT2D eigenvalue weighted by Gasteiger charge is -2.18. The predicted octanol–water partition coefficient (Wildman–Crippen LogP) is 6.63. The standard InChI is InChI=1S/C19H19ClN8O2.3C2H6/c1-10-13(8-21)17(12(3)30-4)16(9-22-10)27-19(29)26-15-7-14(20)18(25-11(15)2)28-23-5-6-24-28;3*1-2/h5-7,9,12H,1-4H3,(H2,26,27,29);3*1-2H3/t12-;;;/m0.../s1. The Morgan fingerprint density at radius 3 is 2.14 bits per heavy atom. The van der Waals surface area contributed by atoms with Gasteiger partial charge in [-0.2, -0.15) is 15.5 Å². The summed E-state index contributed by atoms with van der Waals surface area (Å²) in [5.74, 6) is 0.350. The lowest BCUT2D eigenvalue weighted by Crippen LogP contribution is -2.22. The molecular formula is C25H37ClN8O2. The molecule has 0 radical (unpaired) electrons. The Morgan fingerprint density at radius 2 is 1.61 bits per heavy atom. The number of carbonyl (C=O) groups excluding carboxylic acids is 1. The van der Waals surface area contributed by atoms with E-state index in [0.29, 0.717) is 39.7 Å². The average molecular weight is 517 g/mol. The van der Waals surface area contributed by atoms with Crippen LogP contribution in [0, 0.1) is 25.2 Å². The fourth-order valence-electron chi connectivity index (χ4n) is 2.84. The Labute approximate surface area is 219 Å². The van der Waals surface area contributed by atoms with Crippen molar-refractivity contribution in [3.63, 3.8) is 0 Å². The second kappa shape index (κ2) is 17.0. The fraction of sp³-hybridized carbons (Fsp3) is 0.440. The van der Waals surface area contributed by atoms with Crippen molar-refractivity contribution in [2.75, 3.05) is 17.7 Å². The van der Waals surface area contributed by atoms with Crippen LogP contribution in [0.2, 0.25) is 5.02 Å². The van der Waals surface area contributed by atoms with E-state index in [1.165, 1.54) is 30.5 Å². The average Bonchev–Trinajstić information content (AvgIpc) is 3.44. The van der Waals surface area contributed by atoms with E-state index < -0.39 is 12.1 Å². The molecule has 0 saturated carbocycles. The van der Waals surface area contributed by atoms with Gasteiger partial charge in [0.2, 0.25) is 0 Å². The molecule has 0 aromatic carbocycles. The van der Waals surface area contributed by atoms with Gasteiger partial charge >= 0.3 is 6.03 Å². The van der Waals surface area contributed by atoms with Gasteiger partial charge < -0.3 is 15.4 Å².